The molecule has 1 fully saturated rings. The van der Waals surface area contributed by atoms with E-state index in [9.17, 15) is 13.8 Å². The first-order valence-electron chi connectivity index (χ1n) is 7.41. The number of hydrogen-bond donors (Lipinski definition) is 0. The van der Waals surface area contributed by atoms with Gasteiger partial charge in [0.05, 0.1) is 5.69 Å². The van der Waals surface area contributed by atoms with E-state index in [1.165, 1.54) is 4.90 Å². The average molecular weight is 305 g/mol. The predicted octanol–water partition coefficient (Wildman–Crippen LogP) is 2.30. The van der Waals surface area contributed by atoms with E-state index in [1.807, 2.05) is 0 Å². The zero-order chi connectivity index (χ0) is 15.0. The van der Waals surface area contributed by atoms with Crippen molar-refractivity contribution in [2.45, 2.75) is 42.6 Å². The van der Waals surface area contributed by atoms with Gasteiger partial charge in [-0.1, -0.05) is 31.4 Å². The van der Waals surface area contributed by atoms with Crippen LogP contribution in [0.1, 0.15) is 42.5 Å². The maximum atomic E-state index is 12.8. The summed E-state index contributed by atoms with van der Waals surface area (Å²) in [5, 5.41) is -1.04. The molecule has 0 bridgehead atoms. The standard InChI is InChI=1S/C16H19NO3S/c1-17-13-10-6-5-9-12(13)14(18)15(16(17)19)21(20)11-7-3-2-4-8-11/h5-6,9-11,15H,2-4,7-8H2,1H3. The Balaban J connectivity index is 1.94. The molecule has 0 radical (unpaired) electrons. The van der Waals surface area contributed by atoms with Gasteiger partial charge in [0.1, 0.15) is 0 Å². The molecule has 21 heavy (non-hydrogen) atoms. The maximum Gasteiger partial charge on any atom is 0.250 e. The monoisotopic (exact) mass is 305 g/mol. The van der Waals surface area contributed by atoms with Gasteiger partial charge < -0.3 is 4.90 Å². The number of carbonyl (C=O) groups excluding carboxylic acids is 2. The van der Waals surface area contributed by atoms with Crippen LogP contribution in [0, 0.1) is 0 Å². The lowest BCUT2D eigenvalue weighted by Gasteiger charge is -2.32. The largest absolute Gasteiger partial charge is 0.313 e. The third kappa shape index (κ3) is 2.44. The second-order valence-corrected chi connectivity index (χ2v) is 7.54. The van der Waals surface area contributed by atoms with Crippen molar-refractivity contribution in [3.8, 4) is 0 Å². The van der Waals surface area contributed by atoms with Crippen molar-refractivity contribution < 1.29 is 13.8 Å². The molecule has 4 nitrogen and oxygen atoms in total. The van der Waals surface area contributed by atoms with Crippen LogP contribution in [0.2, 0.25) is 0 Å². The van der Waals surface area contributed by atoms with E-state index in [-0.39, 0.29) is 16.9 Å². The van der Waals surface area contributed by atoms with Gasteiger partial charge in [0.15, 0.2) is 11.0 Å². The van der Waals surface area contributed by atoms with Gasteiger partial charge in [-0.25, -0.2) is 0 Å². The Kier molecular flexibility index (Phi) is 3.93. The zero-order valence-electron chi connectivity index (χ0n) is 12.1. The fourth-order valence-electron chi connectivity index (χ4n) is 3.22. The fraction of sp³-hybridized carbons (Fsp3) is 0.500. The zero-order valence-corrected chi connectivity index (χ0v) is 12.9. The number of Topliss-reactive ketones (excluding diaryl/α,β-unsaturated/α-hetero) is 1. The summed E-state index contributed by atoms with van der Waals surface area (Å²) in [6.45, 7) is 0. The molecule has 1 aliphatic heterocycles. The Morgan fingerprint density at radius 1 is 1.10 bits per heavy atom. The van der Waals surface area contributed by atoms with E-state index in [0.717, 1.165) is 32.1 Å². The fourth-order valence-corrected chi connectivity index (χ4v) is 5.09. The molecule has 2 aliphatic rings. The van der Waals surface area contributed by atoms with Gasteiger partial charge in [0.2, 0.25) is 0 Å². The van der Waals surface area contributed by atoms with Gasteiger partial charge in [-0.15, -0.1) is 0 Å². The van der Waals surface area contributed by atoms with E-state index >= 15 is 0 Å². The summed E-state index contributed by atoms with van der Waals surface area (Å²) < 4.78 is 12.8. The lowest BCUT2D eigenvalue weighted by Crippen LogP contribution is -2.50. The highest BCUT2D eigenvalue weighted by atomic mass is 32.2. The topological polar surface area (TPSA) is 54.5 Å². The number of amides is 1. The van der Waals surface area contributed by atoms with E-state index in [4.69, 9.17) is 0 Å². The molecule has 5 heteroatoms. The maximum absolute atomic E-state index is 12.8. The summed E-state index contributed by atoms with van der Waals surface area (Å²) in [6.07, 6.45) is 4.95. The average Bonchev–Trinajstić information content (AvgIpc) is 2.53. The SMILES string of the molecule is CN1C(=O)C(S(=O)C2CCCCC2)C(=O)c2ccccc21. The van der Waals surface area contributed by atoms with Crippen LogP contribution in [0.25, 0.3) is 0 Å². The smallest absolute Gasteiger partial charge is 0.250 e. The van der Waals surface area contributed by atoms with Crippen LogP contribution in [-0.4, -0.2) is 33.4 Å². The predicted molar refractivity (Wildman–Crippen MR) is 83.0 cm³/mol. The van der Waals surface area contributed by atoms with E-state index in [1.54, 1.807) is 31.3 Å². The van der Waals surface area contributed by atoms with Gasteiger partial charge in [-0.2, -0.15) is 0 Å². The molecule has 1 heterocycles. The second-order valence-electron chi connectivity index (χ2n) is 5.75. The number of ketones is 1. The van der Waals surface area contributed by atoms with Crippen LogP contribution in [0.5, 0.6) is 0 Å². The Morgan fingerprint density at radius 3 is 2.48 bits per heavy atom. The highest BCUT2D eigenvalue weighted by molar-refractivity contribution is 7.88. The number of anilines is 1. The van der Waals surface area contributed by atoms with Crippen molar-refractivity contribution in [1.29, 1.82) is 0 Å². The molecular weight excluding hydrogens is 286 g/mol. The molecule has 2 atom stereocenters. The van der Waals surface area contributed by atoms with Gasteiger partial charge in [-0.3, -0.25) is 13.8 Å². The lowest BCUT2D eigenvalue weighted by atomic mass is 9.99. The van der Waals surface area contributed by atoms with Crippen molar-refractivity contribution in [2.75, 3.05) is 11.9 Å². The van der Waals surface area contributed by atoms with Crippen LogP contribution in [0.15, 0.2) is 24.3 Å². The van der Waals surface area contributed by atoms with Crippen LogP contribution in [0.3, 0.4) is 0 Å². The minimum atomic E-state index is -1.42. The number of fused-ring (bicyclic) bond motifs is 1. The van der Waals surface area contributed by atoms with E-state index in [2.05, 4.69) is 0 Å². The second kappa shape index (κ2) is 5.72. The minimum absolute atomic E-state index is 0.0182. The first-order chi connectivity index (χ1) is 10.1. The summed E-state index contributed by atoms with van der Waals surface area (Å²) in [5.74, 6) is -0.611. The molecule has 1 aliphatic carbocycles. The highest BCUT2D eigenvalue weighted by Gasteiger charge is 2.43. The first kappa shape index (κ1) is 14.4. The molecule has 1 amide bonds. The molecule has 3 rings (SSSR count). The van der Waals surface area contributed by atoms with Gasteiger partial charge in [0, 0.05) is 28.7 Å². The molecule has 1 aromatic carbocycles. The number of hydrogen-bond acceptors (Lipinski definition) is 3. The summed E-state index contributed by atoms with van der Waals surface area (Å²) in [6, 6.07) is 7.05. The molecule has 2 unspecified atom stereocenters. The Morgan fingerprint density at radius 2 is 1.76 bits per heavy atom. The molecular formula is C16H19NO3S. The summed E-state index contributed by atoms with van der Waals surface area (Å²) in [4.78, 5) is 26.6. The summed E-state index contributed by atoms with van der Waals surface area (Å²) in [5.41, 5.74) is 1.12. The Hall–Kier alpha value is -1.49. The Labute approximate surface area is 127 Å². The van der Waals surface area contributed by atoms with Crippen molar-refractivity contribution in [2.24, 2.45) is 0 Å². The lowest BCUT2D eigenvalue weighted by molar-refractivity contribution is -0.117. The molecule has 0 N–H and O–H groups in total. The van der Waals surface area contributed by atoms with Crippen molar-refractivity contribution in [1.82, 2.24) is 0 Å². The van der Waals surface area contributed by atoms with Crippen LogP contribution in [0.4, 0.5) is 5.69 Å². The molecule has 1 saturated carbocycles. The van der Waals surface area contributed by atoms with Crippen LogP contribution in [-0.2, 0) is 15.6 Å². The van der Waals surface area contributed by atoms with Crippen LogP contribution >= 0.6 is 0 Å². The number of para-hydroxylation sites is 1. The number of benzene rings is 1. The van der Waals surface area contributed by atoms with Gasteiger partial charge in [-0.05, 0) is 25.0 Å². The third-order valence-electron chi connectivity index (χ3n) is 4.44. The quantitative estimate of drug-likeness (QED) is 0.788. The molecule has 1 aromatic rings. The molecule has 0 aromatic heterocycles. The molecule has 0 saturated heterocycles. The highest BCUT2D eigenvalue weighted by Crippen LogP contribution is 2.32. The molecule has 0 spiro atoms. The van der Waals surface area contributed by atoms with Crippen molar-refractivity contribution >= 4 is 28.2 Å². The number of nitrogens with zero attached hydrogens (tertiary/aromatic N) is 1. The summed E-state index contributed by atoms with van der Waals surface area (Å²) >= 11 is 0. The van der Waals surface area contributed by atoms with Gasteiger partial charge >= 0.3 is 0 Å². The van der Waals surface area contributed by atoms with Crippen molar-refractivity contribution in [3.63, 3.8) is 0 Å². The van der Waals surface area contributed by atoms with E-state index in [0.29, 0.717) is 11.3 Å². The van der Waals surface area contributed by atoms with E-state index < -0.39 is 16.0 Å². The summed E-state index contributed by atoms with van der Waals surface area (Å²) in [7, 11) is 0.230. The van der Waals surface area contributed by atoms with Crippen LogP contribution < -0.4 is 4.90 Å². The normalized spacial score (nSPS) is 24.8. The van der Waals surface area contributed by atoms with Crippen molar-refractivity contribution in [3.05, 3.63) is 29.8 Å². The number of carbonyl (C=O) groups is 2. The first-order valence-corrected chi connectivity index (χ1v) is 8.69. The Bertz CT molecular complexity index is 607. The minimum Gasteiger partial charge on any atom is -0.313 e. The third-order valence-corrected chi connectivity index (χ3v) is 6.45. The van der Waals surface area contributed by atoms with Gasteiger partial charge in [0.25, 0.3) is 5.91 Å². The number of rotatable bonds is 2. The molecule has 112 valence electrons.